The number of anilines is 1. The lowest BCUT2D eigenvalue weighted by atomic mass is 10.1. The Balaban J connectivity index is 2.03. The molecule has 0 unspecified atom stereocenters. The van der Waals surface area contributed by atoms with Crippen LogP contribution in [-0.4, -0.2) is 22.5 Å². The maximum Gasteiger partial charge on any atom is 0.256 e. The molecule has 1 amide bonds. The van der Waals surface area contributed by atoms with E-state index < -0.39 is 0 Å². The van der Waals surface area contributed by atoms with E-state index in [1.165, 1.54) is 0 Å². The van der Waals surface area contributed by atoms with Gasteiger partial charge in [-0.25, -0.2) is 4.98 Å². The first-order valence-corrected chi connectivity index (χ1v) is 6.49. The number of ether oxygens (including phenoxy) is 1. The Morgan fingerprint density at radius 1 is 1.40 bits per heavy atom. The van der Waals surface area contributed by atoms with Crippen LogP contribution in [-0.2, 0) is 4.79 Å². The molecule has 0 spiro atoms. The first-order chi connectivity index (χ1) is 9.67. The fourth-order valence-corrected chi connectivity index (χ4v) is 2.21. The molecule has 1 aromatic heterocycles. The fourth-order valence-electron chi connectivity index (χ4n) is 2.21. The van der Waals surface area contributed by atoms with E-state index in [9.17, 15) is 4.79 Å². The number of nitrogens with zero attached hydrogens (tertiary/aromatic N) is 1. The van der Waals surface area contributed by atoms with Crippen LogP contribution in [0.4, 0.5) is 5.69 Å². The minimum Gasteiger partial charge on any atom is -0.494 e. The number of hydrogen-bond acceptors (Lipinski definition) is 3. The van der Waals surface area contributed by atoms with Crippen LogP contribution in [0.3, 0.4) is 0 Å². The molecule has 0 fully saturated rings. The number of fused-ring (bicyclic) bond motifs is 1. The second kappa shape index (κ2) is 4.85. The van der Waals surface area contributed by atoms with Crippen molar-refractivity contribution in [1.29, 1.82) is 0 Å². The van der Waals surface area contributed by atoms with E-state index in [1.54, 1.807) is 12.3 Å². The summed E-state index contributed by atoms with van der Waals surface area (Å²) in [6, 6.07) is 5.58. The van der Waals surface area contributed by atoms with Gasteiger partial charge in [0, 0.05) is 23.1 Å². The number of aromatic amines is 1. The predicted molar refractivity (Wildman–Crippen MR) is 77.4 cm³/mol. The Morgan fingerprint density at radius 2 is 2.25 bits per heavy atom. The summed E-state index contributed by atoms with van der Waals surface area (Å²) in [4.78, 5) is 19.3. The van der Waals surface area contributed by atoms with Crippen LogP contribution in [0.2, 0.25) is 0 Å². The number of carbonyl (C=O) groups is 1. The van der Waals surface area contributed by atoms with Crippen LogP contribution in [0.25, 0.3) is 11.6 Å². The molecule has 0 aliphatic carbocycles. The lowest BCUT2D eigenvalue weighted by Gasteiger charge is -2.05. The zero-order valence-electron chi connectivity index (χ0n) is 11.4. The number of imidazole rings is 1. The van der Waals surface area contributed by atoms with Crippen molar-refractivity contribution in [1.82, 2.24) is 9.97 Å². The van der Waals surface area contributed by atoms with Gasteiger partial charge < -0.3 is 15.0 Å². The van der Waals surface area contributed by atoms with E-state index in [0.29, 0.717) is 18.0 Å². The van der Waals surface area contributed by atoms with E-state index in [4.69, 9.17) is 4.74 Å². The molecule has 0 saturated carbocycles. The number of rotatable bonds is 3. The lowest BCUT2D eigenvalue weighted by molar-refractivity contribution is -0.110. The highest BCUT2D eigenvalue weighted by Gasteiger charge is 2.24. The Hall–Kier alpha value is -2.56. The van der Waals surface area contributed by atoms with E-state index in [2.05, 4.69) is 15.3 Å². The zero-order chi connectivity index (χ0) is 14.1. The molecule has 2 heterocycles. The molecule has 3 rings (SSSR count). The summed E-state index contributed by atoms with van der Waals surface area (Å²) in [7, 11) is 0. The molecule has 0 saturated heterocycles. The average molecular weight is 269 g/mol. The molecule has 1 aliphatic rings. The molecule has 5 nitrogen and oxygen atoms in total. The van der Waals surface area contributed by atoms with Crippen LogP contribution < -0.4 is 10.1 Å². The molecule has 20 heavy (non-hydrogen) atoms. The van der Waals surface area contributed by atoms with Gasteiger partial charge in [-0.15, -0.1) is 0 Å². The van der Waals surface area contributed by atoms with E-state index in [0.717, 1.165) is 22.7 Å². The Morgan fingerprint density at radius 3 is 2.95 bits per heavy atom. The average Bonchev–Trinajstić information content (AvgIpc) is 2.96. The van der Waals surface area contributed by atoms with Gasteiger partial charge in [-0.2, -0.15) is 0 Å². The third-order valence-corrected chi connectivity index (χ3v) is 3.09. The standard InChI is InChI=1S/C15H15N3O2/c1-3-20-10-4-5-13-11(6-10)12(15(19)18-13)7-14-16-8-9(2)17-14/h4-8H,3H2,1-2H3,(H,16,17)(H,18,19)/b12-7-. The molecule has 0 atom stereocenters. The van der Waals surface area contributed by atoms with Crippen molar-refractivity contribution < 1.29 is 9.53 Å². The number of H-pyrrole nitrogens is 1. The number of nitrogens with one attached hydrogen (secondary N) is 2. The van der Waals surface area contributed by atoms with Crippen molar-refractivity contribution in [3.05, 3.63) is 41.5 Å². The number of carbonyl (C=O) groups excluding carboxylic acids is 1. The smallest absolute Gasteiger partial charge is 0.256 e. The Labute approximate surface area is 116 Å². The normalized spacial score (nSPS) is 15.3. The summed E-state index contributed by atoms with van der Waals surface area (Å²) < 4.78 is 5.48. The summed E-state index contributed by atoms with van der Waals surface area (Å²) in [5.74, 6) is 1.30. The van der Waals surface area contributed by atoms with Gasteiger partial charge in [0.2, 0.25) is 0 Å². The third-order valence-electron chi connectivity index (χ3n) is 3.09. The SMILES string of the molecule is CCOc1ccc2c(c1)/C(=C/c1ncc(C)[nH]1)C(=O)N2. The van der Waals surface area contributed by atoms with E-state index in [1.807, 2.05) is 32.0 Å². The van der Waals surface area contributed by atoms with Gasteiger partial charge in [-0.1, -0.05) is 0 Å². The predicted octanol–water partition coefficient (Wildman–Crippen LogP) is 2.61. The zero-order valence-corrected chi connectivity index (χ0v) is 11.4. The third kappa shape index (κ3) is 2.18. The van der Waals surface area contributed by atoms with Crippen molar-refractivity contribution in [2.45, 2.75) is 13.8 Å². The number of aryl methyl sites for hydroxylation is 1. The Kier molecular flexibility index (Phi) is 3.02. The number of amides is 1. The molecule has 2 aromatic rings. The van der Waals surface area contributed by atoms with Gasteiger partial charge in [0.15, 0.2) is 0 Å². The van der Waals surface area contributed by atoms with Crippen molar-refractivity contribution >= 4 is 23.2 Å². The highest BCUT2D eigenvalue weighted by atomic mass is 16.5. The van der Waals surface area contributed by atoms with Gasteiger partial charge in [-0.3, -0.25) is 4.79 Å². The number of benzene rings is 1. The summed E-state index contributed by atoms with van der Waals surface area (Å²) in [6.07, 6.45) is 3.49. The van der Waals surface area contributed by atoms with E-state index in [-0.39, 0.29) is 5.91 Å². The first kappa shape index (κ1) is 12.5. The summed E-state index contributed by atoms with van der Waals surface area (Å²) >= 11 is 0. The largest absolute Gasteiger partial charge is 0.494 e. The van der Waals surface area contributed by atoms with Gasteiger partial charge in [0.1, 0.15) is 11.6 Å². The van der Waals surface area contributed by atoms with Crippen molar-refractivity contribution in [2.24, 2.45) is 0 Å². The lowest BCUT2D eigenvalue weighted by Crippen LogP contribution is -2.03. The first-order valence-electron chi connectivity index (χ1n) is 6.49. The quantitative estimate of drug-likeness (QED) is 0.842. The summed E-state index contributed by atoms with van der Waals surface area (Å²) in [6.45, 7) is 4.44. The molecule has 0 radical (unpaired) electrons. The minimum absolute atomic E-state index is 0.122. The molecule has 102 valence electrons. The monoisotopic (exact) mass is 269 g/mol. The fraction of sp³-hybridized carbons (Fsp3) is 0.200. The van der Waals surface area contributed by atoms with E-state index >= 15 is 0 Å². The van der Waals surface area contributed by atoms with Crippen LogP contribution >= 0.6 is 0 Å². The molecular formula is C15H15N3O2. The summed E-state index contributed by atoms with van der Waals surface area (Å²) in [5, 5.41) is 2.84. The Bertz CT molecular complexity index is 701. The molecule has 1 aliphatic heterocycles. The molecule has 1 aromatic carbocycles. The molecule has 5 heteroatoms. The van der Waals surface area contributed by atoms with Crippen molar-refractivity contribution in [2.75, 3.05) is 11.9 Å². The highest BCUT2D eigenvalue weighted by Crippen LogP contribution is 2.35. The van der Waals surface area contributed by atoms with Crippen LogP contribution in [0, 0.1) is 6.92 Å². The molecule has 2 N–H and O–H groups in total. The highest BCUT2D eigenvalue weighted by molar-refractivity contribution is 6.34. The molecule has 0 bridgehead atoms. The topological polar surface area (TPSA) is 67.0 Å². The minimum atomic E-state index is -0.122. The van der Waals surface area contributed by atoms with Crippen molar-refractivity contribution in [3.8, 4) is 5.75 Å². The summed E-state index contributed by atoms with van der Waals surface area (Å²) in [5.41, 5.74) is 3.19. The second-order valence-corrected chi connectivity index (χ2v) is 4.60. The maximum atomic E-state index is 12.0. The number of hydrogen-bond donors (Lipinski definition) is 2. The number of aromatic nitrogens is 2. The van der Waals surface area contributed by atoms with Crippen LogP contribution in [0.1, 0.15) is 24.0 Å². The van der Waals surface area contributed by atoms with Crippen LogP contribution in [0.15, 0.2) is 24.4 Å². The maximum absolute atomic E-state index is 12.0. The van der Waals surface area contributed by atoms with Crippen LogP contribution in [0.5, 0.6) is 5.75 Å². The molecular weight excluding hydrogens is 254 g/mol. The van der Waals surface area contributed by atoms with Crippen molar-refractivity contribution in [3.63, 3.8) is 0 Å². The van der Waals surface area contributed by atoms with Gasteiger partial charge in [0.05, 0.1) is 12.2 Å². The second-order valence-electron chi connectivity index (χ2n) is 4.60. The van der Waals surface area contributed by atoms with Gasteiger partial charge in [-0.05, 0) is 38.1 Å². The van der Waals surface area contributed by atoms with Gasteiger partial charge in [0.25, 0.3) is 5.91 Å². The van der Waals surface area contributed by atoms with Gasteiger partial charge >= 0.3 is 0 Å².